The fraction of sp³-hybridized carbons (Fsp3) is 0.286. The van der Waals surface area contributed by atoms with Crippen molar-refractivity contribution in [2.24, 2.45) is 0 Å². The van der Waals surface area contributed by atoms with Crippen molar-refractivity contribution in [2.75, 3.05) is 24.3 Å². The summed E-state index contributed by atoms with van der Waals surface area (Å²) >= 11 is 0.929. The molecule has 0 spiro atoms. The number of nitrogens with zero attached hydrogens (tertiary/aromatic N) is 1. The van der Waals surface area contributed by atoms with E-state index in [1.807, 2.05) is 39.0 Å². The molecular formula is C21H23NO4S. The molecular weight excluding hydrogens is 362 g/mol. The Balaban J connectivity index is 2.24. The zero-order valence-electron chi connectivity index (χ0n) is 15.9. The normalized spacial score (nSPS) is 10.4. The molecule has 0 aliphatic rings. The van der Waals surface area contributed by atoms with Gasteiger partial charge in [-0.25, -0.2) is 0 Å². The number of aryl methyl sites for hydroxylation is 2. The minimum absolute atomic E-state index is 0.0580. The van der Waals surface area contributed by atoms with Crippen LogP contribution in [0, 0.1) is 20.8 Å². The highest BCUT2D eigenvalue weighted by Gasteiger charge is 2.24. The molecule has 2 aromatic rings. The van der Waals surface area contributed by atoms with Crippen LogP contribution in [0.3, 0.4) is 0 Å². The Kier molecular flexibility index (Phi) is 7.19. The van der Waals surface area contributed by atoms with E-state index in [4.69, 9.17) is 4.74 Å². The van der Waals surface area contributed by atoms with Crippen molar-refractivity contribution in [1.29, 1.82) is 0 Å². The van der Waals surface area contributed by atoms with Crippen molar-refractivity contribution in [3.05, 3.63) is 64.7 Å². The second kappa shape index (κ2) is 9.37. The molecule has 0 bridgehead atoms. The van der Waals surface area contributed by atoms with E-state index in [-0.39, 0.29) is 23.3 Å². The van der Waals surface area contributed by atoms with E-state index in [1.54, 1.807) is 24.3 Å². The van der Waals surface area contributed by atoms with Gasteiger partial charge in [0.1, 0.15) is 6.54 Å². The summed E-state index contributed by atoms with van der Waals surface area (Å²) in [5, 5.41) is -0.181. The number of anilines is 1. The Morgan fingerprint density at radius 3 is 2.22 bits per heavy atom. The van der Waals surface area contributed by atoms with E-state index in [0.29, 0.717) is 11.3 Å². The molecule has 27 heavy (non-hydrogen) atoms. The molecule has 1 amide bonds. The molecule has 0 aromatic heterocycles. The van der Waals surface area contributed by atoms with Gasteiger partial charge in [-0.1, -0.05) is 54.2 Å². The molecule has 2 aromatic carbocycles. The Morgan fingerprint density at radius 2 is 1.59 bits per heavy atom. The Morgan fingerprint density at radius 1 is 0.963 bits per heavy atom. The van der Waals surface area contributed by atoms with Crippen molar-refractivity contribution in [3.63, 3.8) is 0 Å². The number of amides is 1. The third kappa shape index (κ3) is 5.20. The van der Waals surface area contributed by atoms with Gasteiger partial charge in [0.2, 0.25) is 11.0 Å². The summed E-state index contributed by atoms with van der Waals surface area (Å²) in [6, 6.07) is 12.7. The highest BCUT2D eigenvalue weighted by Crippen LogP contribution is 2.28. The standard InChI is InChI=1S/C21H23NO4S/c1-14-10-11-15(2)20(16(14)3)22(12-19(24)26-4)18(23)13-27-21(25)17-8-6-5-7-9-17/h5-11H,12-13H2,1-4H3. The lowest BCUT2D eigenvalue weighted by atomic mass is 10.0. The van der Waals surface area contributed by atoms with Crippen LogP contribution in [0.25, 0.3) is 0 Å². The van der Waals surface area contributed by atoms with Crippen molar-refractivity contribution in [1.82, 2.24) is 0 Å². The number of thioether (sulfide) groups is 1. The maximum atomic E-state index is 12.9. The molecule has 0 saturated heterocycles. The molecule has 0 heterocycles. The van der Waals surface area contributed by atoms with Gasteiger partial charge >= 0.3 is 5.97 Å². The van der Waals surface area contributed by atoms with Crippen LogP contribution < -0.4 is 4.90 Å². The molecule has 0 N–H and O–H groups in total. The summed E-state index contributed by atoms with van der Waals surface area (Å²) in [5.74, 6) is -0.883. The Labute approximate surface area is 163 Å². The number of carbonyl (C=O) groups excluding carboxylic acids is 3. The van der Waals surface area contributed by atoms with Crippen LogP contribution in [0.15, 0.2) is 42.5 Å². The molecule has 0 fully saturated rings. The first-order valence-electron chi connectivity index (χ1n) is 8.51. The largest absolute Gasteiger partial charge is 0.468 e. The molecule has 0 aliphatic heterocycles. The van der Waals surface area contributed by atoms with Crippen molar-refractivity contribution >= 4 is 34.4 Å². The molecule has 0 saturated carbocycles. The molecule has 6 heteroatoms. The van der Waals surface area contributed by atoms with Crippen LogP contribution >= 0.6 is 11.8 Å². The monoisotopic (exact) mass is 385 g/mol. The van der Waals surface area contributed by atoms with Gasteiger partial charge in [0, 0.05) is 5.56 Å². The lowest BCUT2D eigenvalue weighted by Crippen LogP contribution is -2.38. The number of benzene rings is 2. The van der Waals surface area contributed by atoms with E-state index < -0.39 is 5.97 Å². The van der Waals surface area contributed by atoms with E-state index in [0.717, 1.165) is 28.5 Å². The summed E-state index contributed by atoms with van der Waals surface area (Å²) in [4.78, 5) is 38.5. The van der Waals surface area contributed by atoms with Crippen LogP contribution in [0.4, 0.5) is 5.69 Å². The number of carbonyl (C=O) groups is 3. The van der Waals surface area contributed by atoms with Gasteiger partial charge in [-0.05, 0) is 37.5 Å². The minimum Gasteiger partial charge on any atom is -0.468 e. The quantitative estimate of drug-likeness (QED) is 0.710. The van der Waals surface area contributed by atoms with Gasteiger partial charge in [-0.3, -0.25) is 19.3 Å². The first-order valence-corrected chi connectivity index (χ1v) is 9.50. The van der Waals surface area contributed by atoms with Crippen LogP contribution in [0.2, 0.25) is 0 Å². The highest BCUT2D eigenvalue weighted by molar-refractivity contribution is 8.14. The lowest BCUT2D eigenvalue weighted by Gasteiger charge is -2.26. The first-order chi connectivity index (χ1) is 12.8. The summed E-state index contributed by atoms with van der Waals surface area (Å²) in [6.07, 6.45) is 0. The van der Waals surface area contributed by atoms with Crippen LogP contribution in [-0.4, -0.2) is 36.4 Å². The summed E-state index contributed by atoms with van der Waals surface area (Å²) in [7, 11) is 1.29. The van der Waals surface area contributed by atoms with Gasteiger partial charge in [0.05, 0.1) is 18.6 Å². The second-order valence-corrected chi connectivity index (χ2v) is 7.12. The fourth-order valence-corrected chi connectivity index (χ4v) is 3.41. The van der Waals surface area contributed by atoms with Crippen molar-refractivity contribution in [2.45, 2.75) is 20.8 Å². The number of methoxy groups -OCH3 is 1. The van der Waals surface area contributed by atoms with Crippen molar-refractivity contribution in [3.8, 4) is 0 Å². The van der Waals surface area contributed by atoms with Crippen LogP contribution in [0.5, 0.6) is 0 Å². The van der Waals surface area contributed by atoms with Gasteiger partial charge < -0.3 is 4.74 Å². The zero-order valence-corrected chi connectivity index (χ0v) is 16.8. The maximum Gasteiger partial charge on any atom is 0.325 e. The Hall–Kier alpha value is -2.60. The average molecular weight is 385 g/mol. The molecule has 0 aliphatic carbocycles. The number of hydrogen-bond acceptors (Lipinski definition) is 5. The van der Waals surface area contributed by atoms with E-state index >= 15 is 0 Å². The molecule has 0 atom stereocenters. The molecule has 2 rings (SSSR count). The second-order valence-electron chi connectivity index (χ2n) is 6.17. The fourth-order valence-electron chi connectivity index (χ4n) is 2.70. The van der Waals surface area contributed by atoms with Crippen LogP contribution in [-0.2, 0) is 14.3 Å². The lowest BCUT2D eigenvalue weighted by molar-refractivity contribution is -0.139. The predicted molar refractivity (Wildman–Crippen MR) is 108 cm³/mol. The molecule has 5 nitrogen and oxygen atoms in total. The molecule has 0 unspecified atom stereocenters. The third-order valence-electron chi connectivity index (χ3n) is 4.33. The average Bonchev–Trinajstić information content (AvgIpc) is 2.68. The smallest absolute Gasteiger partial charge is 0.325 e. The topological polar surface area (TPSA) is 63.7 Å². The molecule has 142 valence electrons. The van der Waals surface area contributed by atoms with E-state index in [9.17, 15) is 14.4 Å². The van der Waals surface area contributed by atoms with Crippen LogP contribution in [0.1, 0.15) is 27.0 Å². The first kappa shape index (κ1) is 20.7. The molecule has 0 radical (unpaired) electrons. The minimum atomic E-state index is -0.511. The van der Waals surface area contributed by atoms with Gasteiger partial charge in [0.25, 0.3) is 0 Å². The SMILES string of the molecule is COC(=O)CN(C(=O)CSC(=O)c1ccccc1)c1c(C)ccc(C)c1C. The third-order valence-corrected chi connectivity index (χ3v) is 5.21. The van der Waals surface area contributed by atoms with Gasteiger partial charge in [-0.15, -0.1) is 0 Å². The Bertz CT molecular complexity index is 849. The van der Waals surface area contributed by atoms with E-state index in [2.05, 4.69) is 0 Å². The number of ether oxygens (including phenoxy) is 1. The van der Waals surface area contributed by atoms with E-state index in [1.165, 1.54) is 12.0 Å². The number of hydrogen-bond donors (Lipinski definition) is 0. The summed E-state index contributed by atoms with van der Waals surface area (Å²) in [5.41, 5.74) is 4.06. The number of esters is 1. The zero-order chi connectivity index (χ0) is 20.0. The summed E-state index contributed by atoms with van der Waals surface area (Å²) < 4.78 is 4.75. The predicted octanol–water partition coefficient (Wildman–Crippen LogP) is 3.69. The summed E-state index contributed by atoms with van der Waals surface area (Å²) in [6.45, 7) is 5.56. The maximum absolute atomic E-state index is 12.9. The number of rotatable bonds is 6. The van der Waals surface area contributed by atoms with Gasteiger partial charge in [0.15, 0.2) is 0 Å². The van der Waals surface area contributed by atoms with Crippen molar-refractivity contribution < 1.29 is 19.1 Å². The van der Waals surface area contributed by atoms with Gasteiger partial charge in [-0.2, -0.15) is 0 Å². The highest BCUT2D eigenvalue weighted by atomic mass is 32.2.